The molecule has 0 saturated carbocycles. The van der Waals surface area contributed by atoms with Crippen LogP contribution in [0.1, 0.15) is 49.7 Å². The molecule has 0 bridgehead atoms. The van der Waals surface area contributed by atoms with Gasteiger partial charge in [0.25, 0.3) is 10.2 Å². The van der Waals surface area contributed by atoms with Crippen LogP contribution >= 0.6 is 0 Å². The fraction of sp³-hybridized carbons (Fsp3) is 0.765. The number of aromatic nitrogens is 2. The summed E-state index contributed by atoms with van der Waals surface area (Å²) in [7, 11) is -1.61. The highest BCUT2D eigenvalue weighted by molar-refractivity contribution is 7.86. The standard InChI is InChI=1S/C17H30N6O2S/c1-4-22(5-2)26(24,25)23-10-8-15-14(12-23)17(18-3)21-16(20-15)13-7-6-9-19-11-13/h13,19H,4-12H2,1-3H3,(H,18,20,21). The average Bonchev–Trinajstić information content (AvgIpc) is 2.68. The van der Waals surface area contributed by atoms with Crippen molar-refractivity contribution in [1.82, 2.24) is 23.9 Å². The summed E-state index contributed by atoms with van der Waals surface area (Å²) in [5.41, 5.74) is 1.89. The normalized spacial score (nSPS) is 21.6. The minimum atomic E-state index is -3.45. The summed E-state index contributed by atoms with van der Waals surface area (Å²) in [5, 5.41) is 6.57. The van der Waals surface area contributed by atoms with E-state index < -0.39 is 10.2 Å². The Labute approximate surface area is 156 Å². The van der Waals surface area contributed by atoms with Crippen molar-refractivity contribution in [2.24, 2.45) is 0 Å². The van der Waals surface area contributed by atoms with Crippen LogP contribution in [0.3, 0.4) is 0 Å². The molecule has 1 aromatic rings. The second kappa shape index (κ2) is 8.16. The van der Waals surface area contributed by atoms with Crippen molar-refractivity contribution in [2.45, 2.75) is 45.6 Å². The molecule has 0 spiro atoms. The van der Waals surface area contributed by atoms with E-state index in [2.05, 4.69) is 10.6 Å². The number of nitrogens with zero attached hydrogens (tertiary/aromatic N) is 4. The minimum Gasteiger partial charge on any atom is -0.373 e. The van der Waals surface area contributed by atoms with Gasteiger partial charge in [-0.25, -0.2) is 9.97 Å². The lowest BCUT2D eigenvalue weighted by atomic mass is 9.98. The molecule has 0 amide bonds. The third-order valence-corrected chi connectivity index (χ3v) is 7.43. The van der Waals surface area contributed by atoms with Crippen LogP contribution in [0.2, 0.25) is 0 Å². The van der Waals surface area contributed by atoms with Gasteiger partial charge in [0.2, 0.25) is 0 Å². The molecule has 1 atom stereocenters. The lowest BCUT2D eigenvalue weighted by molar-refractivity contribution is 0.332. The van der Waals surface area contributed by atoms with Crippen LogP contribution in [-0.4, -0.2) is 66.8 Å². The molecular weight excluding hydrogens is 352 g/mol. The van der Waals surface area contributed by atoms with E-state index in [1.165, 1.54) is 4.31 Å². The fourth-order valence-electron chi connectivity index (χ4n) is 3.78. The third kappa shape index (κ3) is 3.71. The van der Waals surface area contributed by atoms with Crippen molar-refractivity contribution in [3.05, 3.63) is 17.1 Å². The molecule has 2 aliphatic heterocycles. The molecule has 0 radical (unpaired) electrons. The van der Waals surface area contributed by atoms with E-state index in [4.69, 9.17) is 9.97 Å². The molecular formula is C17H30N6O2S. The monoisotopic (exact) mass is 382 g/mol. The van der Waals surface area contributed by atoms with Crippen molar-refractivity contribution in [1.29, 1.82) is 0 Å². The number of hydrogen-bond donors (Lipinski definition) is 2. The maximum Gasteiger partial charge on any atom is 0.282 e. The Hall–Kier alpha value is -1.29. The molecule has 26 heavy (non-hydrogen) atoms. The van der Waals surface area contributed by atoms with Crippen LogP contribution in [0, 0.1) is 0 Å². The zero-order valence-electron chi connectivity index (χ0n) is 16.0. The highest BCUT2D eigenvalue weighted by atomic mass is 32.2. The Morgan fingerprint density at radius 2 is 2.08 bits per heavy atom. The van der Waals surface area contributed by atoms with Gasteiger partial charge in [-0.2, -0.15) is 17.0 Å². The first kappa shape index (κ1) is 19.5. The van der Waals surface area contributed by atoms with Gasteiger partial charge in [-0.15, -0.1) is 0 Å². The molecule has 0 aliphatic carbocycles. The van der Waals surface area contributed by atoms with Gasteiger partial charge < -0.3 is 10.6 Å². The second-order valence-electron chi connectivity index (χ2n) is 6.82. The molecule has 3 rings (SSSR count). The molecule has 1 fully saturated rings. The number of anilines is 1. The topological polar surface area (TPSA) is 90.5 Å². The molecule has 9 heteroatoms. The lowest BCUT2D eigenvalue weighted by Gasteiger charge is -2.33. The highest BCUT2D eigenvalue weighted by Gasteiger charge is 2.33. The lowest BCUT2D eigenvalue weighted by Crippen LogP contribution is -2.46. The minimum absolute atomic E-state index is 0.327. The van der Waals surface area contributed by atoms with Crippen molar-refractivity contribution in [3.8, 4) is 0 Å². The number of rotatable bonds is 6. The van der Waals surface area contributed by atoms with Gasteiger partial charge in [0.15, 0.2) is 0 Å². The predicted octanol–water partition coefficient (Wildman–Crippen LogP) is 0.930. The van der Waals surface area contributed by atoms with Crippen molar-refractivity contribution in [3.63, 3.8) is 0 Å². The smallest absolute Gasteiger partial charge is 0.282 e. The molecule has 2 aliphatic rings. The van der Waals surface area contributed by atoms with E-state index in [0.29, 0.717) is 38.5 Å². The first-order valence-electron chi connectivity index (χ1n) is 9.54. The van der Waals surface area contributed by atoms with Gasteiger partial charge >= 0.3 is 0 Å². The summed E-state index contributed by atoms with van der Waals surface area (Å²) in [6.45, 7) is 7.44. The van der Waals surface area contributed by atoms with Gasteiger partial charge in [-0.05, 0) is 19.4 Å². The highest BCUT2D eigenvalue weighted by Crippen LogP contribution is 2.29. The van der Waals surface area contributed by atoms with E-state index in [0.717, 1.165) is 48.8 Å². The average molecular weight is 383 g/mol. The molecule has 0 aromatic carbocycles. The van der Waals surface area contributed by atoms with E-state index in [1.807, 2.05) is 20.9 Å². The Balaban J connectivity index is 1.89. The van der Waals surface area contributed by atoms with E-state index >= 15 is 0 Å². The summed E-state index contributed by atoms with van der Waals surface area (Å²) < 4.78 is 28.8. The Morgan fingerprint density at radius 3 is 2.69 bits per heavy atom. The summed E-state index contributed by atoms with van der Waals surface area (Å²) in [4.78, 5) is 9.55. The molecule has 146 valence electrons. The second-order valence-corrected chi connectivity index (χ2v) is 8.75. The predicted molar refractivity (Wildman–Crippen MR) is 102 cm³/mol. The third-order valence-electron chi connectivity index (χ3n) is 5.30. The van der Waals surface area contributed by atoms with Crippen molar-refractivity contribution >= 4 is 16.0 Å². The van der Waals surface area contributed by atoms with Crippen LogP contribution in [0.4, 0.5) is 5.82 Å². The SMILES string of the molecule is CCN(CC)S(=O)(=O)N1CCc2nc(C3CCCNC3)nc(NC)c2C1. The van der Waals surface area contributed by atoms with E-state index in [9.17, 15) is 8.42 Å². The number of hydrogen-bond acceptors (Lipinski definition) is 6. The van der Waals surface area contributed by atoms with Crippen LogP contribution in [0.15, 0.2) is 0 Å². The van der Waals surface area contributed by atoms with Gasteiger partial charge in [0.05, 0.1) is 5.69 Å². The van der Waals surface area contributed by atoms with Crippen LogP contribution in [0.25, 0.3) is 0 Å². The molecule has 8 nitrogen and oxygen atoms in total. The van der Waals surface area contributed by atoms with Gasteiger partial charge in [0, 0.05) is 57.7 Å². The zero-order chi connectivity index (χ0) is 18.7. The summed E-state index contributed by atoms with van der Waals surface area (Å²) in [6, 6.07) is 0. The van der Waals surface area contributed by atoms with Gasteiger partial charge in [-0.1, -0.05) is 13.8 Å². The quantitative estimate of drug-likeness (QED) is 0.761. The summed E-state index contributed by atoms with van der Waals surface area (Å²) in [5.74, 6) is 1.97. The van der Waals surface area contributed by atoms with Gasteiger partial charge in [0.1, 0.15) is 11.6 Å². The molecule has 1 unspecified atom stereocenters. The number of fused-ring (bicyclic) bond motifs is 1. The summed E-state index contributed by atoms with van der Waals surface area (Å²) >= 11 is 0. The van der Waals surface area contributed by atoms with Crippen LogP contribution < -0.4 is 10.6 Å². The van der Waals surface area contributed by atoms with Crippen LogP contribution in [0.5, 0.6) is 0 Å². The molecule has 3 heterocycles. The van der Waals surface area contributed by atoms with Crippen LogP contribution in [-0.2, 0) is 23.2 Å². The van der Waals surface area contributed by atoms with Crippen molar-refractivity contribution in [2.75, 3.05) is 45.1 Å². The van der Waals surface area contributed by atoms with Gasteiger partial charge in [-0.3, -0.25) is 0 Å². The van der Waals surface area contributed by atoms with Crippen molar-refractivity contribution < 1.29 is 8.42 Å². The fourth-order valence-corrected chi connectivity index (χ4v) is 5.37. The molecule has 1 aromatic heterocycles. The first-order chi connectivity index (χ1) is 12.5. The molecule has 2 N–H and O–H groups in total. The Morgan fingerprint density at radius 1 is 1.31 bits per heavy atom. The van der Waals surface area contributed by atoms with E-state index in [1.54, 1.807) is 4.31 Å². The first-order valence-corrected chi connectivity index (χ1v) is 10.9. The Bertz CT molecular complexity index is 712. The Kier molecular flexibility index (Phi) is 6.11. The largest absolute Gasteiger partial charge is 0.373 e. The zero-order valence-corrected chi connectivity index (χ0v) is 16.8. The molecule has 1 saturated heterocycles. The van der Waals surface area contributed by atoms with E-state index in [-0.39, 0.29) is 0 Å². The maximum atomic E-state index is 12.9. The number of piperidine rings is 1. The maximum absolute atomic E-state index is 12.9. The summed E-state index contributed by atoms with van der Waals surface area (Å²) in [6.07, 6.45) is 2.85. The number of nitrogens with one attached hydrogen (secondary N) is 2.